The zero-order valence-electron chi connectivity index (χ0n) is 36.4. The van der Waals surface area contributed by atoms with Crippen LogP contribution >= 0.6 is 0 Å². The summed E-state index contributed by atoms with van der Waals surface area (Å²) >= 11 is 0. The standard InChI is InChI=1S/C32H37F5O4.C21H20O2/c33-31(34,32(35,36)37)20-8-10-23(30(40)41)9-6-4-2-1-3-5-7-11-29-27(22-12-15-25(38)16-13-22)18-14-24-21-26(39)17-19-28(24)29;1-4-5-21-19(15-6-9-17(22-2)10-7-15)12-8-16-14-18(23-3)11-13-20(16)21/h12-19,21,23,38-39H,1-11,20H2,(H,40,41);4,6-14H,1,5H2,2-3H3. The van der Waals surface area contributed by atoms with Crippen molar-refractivity contribution < 1.29 is 51.5 Å². The number of carboxylic acids is 1. The quantitative estimate of drug-likeness (QED) is 0.0378. The lowest BCUT2D eigenvalue weighted by molar-refractivity contribution is -0.284. The Hall–Kier alpha value is -6.10. The molecule has 0 saturated carbocycles. The van der Waals surface area contributed by atoms with Crippen LogP contribution in [0.4, 0.5) is 22.0 Å². The molecule has 6 aromatic carbocycles. The number of ether oxygens (including phenoxy) is 2. The van der Waals surface area contributed by atoms with Crippen LogP contribution in [-0.2, 0) is 17.6 Å². The maximum Gasteiger partial charge on any atom is 0.453 e. The molecule has 0 radical (unpaired) electrons. The van der Waals surface area contributed by atoms with Crippen molar-refractivity contribution in [1.82, 2.24) is 0 Å². The van der Waals surface area contributed by atoms with Crippen LogP contribution in [0.5, 0.6) is 23.0 Å². The Morgan fingerprint density at radius 3 is 1.70 bits per heavy atom. The van der Waals surface area contributed by atoms with Crippen molar-refractivity contribution >= 4 is 27.5 Å². The maximum absolute atomic E-state index is 13.1. The fourth-order valence-corrected chi connectivity index (χ4v) is 8.15. The van der Waals surface area contributed by atoms with Gasteiger partial charge in [0.15, 0.2) is 0 Å². The molecule has 6 nitrogen and oxygen atoms in total. The van der Waals surface area contributed by atoms with E-state index in [4.69, 9.17) is 9.47 Å². The molecule has 340 valence electrons. The third-order valence-electron chi connectivity index (χ3n) is 11.7. The van der Waals surface area contributed by atoms with Crippen LogP contribution in [0.15, 0.2) is 122 Å². The number of fused-ring (bicyclic) bond motifs is 2. The van der Waals surface area contributed by atoms with E-state index in [-0.39, 0.29) is 24.3 Å². The fourth-order valence-electron chi connectivity index (χ4n) is 8.15. The number of unbranched alkanes of at least 4 members (excludes halogenated alkanes) is 6. The van der Waals surface area contributed by atoms with Gasteiger partial charge in [0.05, 0.1) is 20.1 Å². The first-order chi connectivity index (χ1) is 30.6. The van der Waals surface area contributed by atoms with E-state index in [9.17, 15) is 42.1 Å². The zero-order chi connectivity index (χ0) is 46.3. The molecule has 0 bridgehead atoms. The van der Waals surface area contributed by atoms with Crippen LogP contribution in [-0.4, -0.2) is 47.6 Å². The first-order valence-electron chi connectivity index (χ1n) is 21.7. The number of allylic oxidation sites excluding steroid dienone is 1. The van der Waals surface area contributed by atoms with Crippen LogP contribution in [0.1, 0.15) is 81.8 Å². The number of aliphatic carboxylic acids is 1. The van der Waals surface area contributed by atoms with Gasteiger partial charge in [-0.3, -0.25) is 4.79 Å². The van der Waals surface area contributed by atoms with Crippen molar-refractivity contribution in [2.45, 2.75) is 95.6 Å². The average molecular weight is 885 g/mol. The number of aryl methyl sites for hydroxylation is 1. The van der Waals surface area contributed by atoms with Gasteiger partial charge in [0, 0.05) is 6.42 Å². The Bertz CT molecular complexity index is 2440. The van der Waals surface area contributed by atoms with Crippen molar-refractivity contribution in [1.29, 1.82) is 0 Å². The number of carbonyl (C=O) groups is 1. The summed E-state index contributed by atoms with van der Waals surface area (Å²) in [5.41, 5.74) is 6.96. The van der Waals surface area contributed by atoms with Crippen LogP contribution in [0, 0.1) is 5.92 Å². The van der Waals surface area contributed by atoms with E-state index in [2.05, 4.69) is 43.0 Å². The Morgan fingerprint density at radius 1 is 0.609 bits per heavy atom. The number of aromatic hydroxyl groups is 2. The summed E-state index contributed by atoms with van der Waals surface area (Å²) in [5.74, 6) is -4.72. The molecule has 6 rings (SSSR count). The molecule has 1 atom stereocenters. The molecule has 0 aliphatic rings. The molecular weight excluding hydrogens is 828 g/mol. The SMILES string of the molecule is C=CCc1c(-c2ccc(OC)cc2)ccc2cc(OC)ccc12.O=C(O)C(CCCCCCCCCc1c(-c2ccc(O)cc2)ccc2cc(O)ccc12)CCCC(F)(F)C(F)(F)F. The molecule has 0 aliphatic carbocycles. The predicted octanol–water partition coefficient (Wildman–Crippen LogP) is 14.9. The molecule has 0 saturated heterocycles. The Kier molecular flexibility index (Phi) is 17.6. The monoisotopic (exact) mass is 884 g/mol. The van der Waals surface area contributed by atoms with Gasteiger partial charge in [-0.1, -0.05) is 105 Å². The molecule has 1 unspecified atom stereocenters. The first-order valence-corrected chi connectivity index (χ1v) is 21.7. The Morgan fingerprint density at radius 2 is 1.11 bits per heavy atom. The third-order valence-corrected chi connectivity index (χ3v) is 11.7. The first kappa shape index (κ1) is 48.9. The molecule has 0 spiro atoms. The van der Waals surface area contributed by atoms with Crippen LogP contribution < -0.4 is 9.47 Å². The van der Waals surface area contributed by atoms with Gasteiger partial charge in [0.25, 0.3) is 0 Å². The lowest BCUT2D eigenvalue weighted by Gasteiger charge is -2.20. The summed E-state index contributed by atoms with van der Waals surface area (Å²) in [6.07, 6.45) is 2.36. The van der Waals surface area contributed by atoms with E-state index < -0.39 is 36.8 Å². The minimum Gasteiger partial charge on any atom is -0.508 e. The molecule has 0 aliphatic heterocycles. The van der Waals surface area contributed by atoms with E-state index in [1.807, 2.05) is 54.6 Å². The van der Waals surface area contributed by atoms with Crippen molar-refractivity contribution in [2.75, 3.05) is 14.2 Å². The lowest BCUT2D eigenvalue weighted by atomic mass is 9.90. The third kappa shape index (κ3) is 13.2. The van der Waals surface area contributed by atoms with Gasteiger partial charge in [0.2, 0.25) is 0 Å². The van der Waals surface area contributed by atoms with E-state index in [1.165, 1.54) is 33.0 Å². The van der Waals surface area contributed by atoms with Gasteiger partial charge in [-0.15, -0.1) is 6.58 Å². The average Bonchev–Trinajstić information content (AvgIpc) is 3.27. The Balaban J connectivity index is 0.000000281. The van der Waals surface area contributed by atoms with Crippen molar-refractivity contribution in [2.24, 2.45) is 5.92 Å². The number of alkyl halides is 5. The number of phenolic OH excluding ortho intramolecular Hbond substituents is 2. The number of benzene rings is 6. The summed E-state index contributed by atoms with van der Waals surface area (Å²) in [4.78, 5) is 11.4. The Labute approximate surface area is 372 Å². The summed E-state index contributed by atoms with van der Waals surface area (Å²) in [6, 6.07) is 35.1. The molecule has 0 heterocycles. The minimum absolute atomic E-state index is 0.194. The van der Waals surface area contributed by atoms with E-state index >= 15 is 0 Å². The molecule has 0 aromatic heterocycles. The fraction of sp³-hybridized carbons (Fsp3) is 0.340. The van der Waals surface area contributed by atoms with Gasteiger partial charge in [0.1, 0.15) is 23.0 Å². The van der Waals surface area contributed by atoms with Crippen molar-refractivity contribution in [3.05, 3.63) is 133 Å². The molecule has 64 heavy (non-hydrogen) atoms. The second-order valence-corrected chi connectivity index (χ2v) is 16.1. The summed E-state index contributed by atoms with van der Waals surface area (Å²) < 4.78 is 73.6. The molecule has 11 heteroatoms. The van der Waals surface area contributed by atoms with Gasteiger partial charge < -0.3 is 24.8 Å². The normalized spacial score (nSPS) is 12.1. The van der Waals surface area contributed by atoms with E-state index in [1.54, 1.807) is 38.5 Å². The van der Waals surface area contributed by atoms with E-state index in [0.29, 0.717) is 6.42 Å². The van der Waals surface area contributed by atoms with E-state index in [0.717, 1.165) is 84.8 Å². The smallest absolute Gasteiger partial charge is 0.453 e. The highest BCUT2D eigenvalue weighted by Gasteiger charge is 2.56. The molecule has 6 aromatic rings. The van der Waals surface area contributed by atoms with Crippen molar-refractivity contribution in [3.8, 4) is 45.3 Å². The largest absolute Gasteiger partial charge is 0.508 e. The van der Waals surface area contributed by atoms with Gasteiger partial charge in [-0.25, -0.2) is 0 Å². The van der Waals surface area contributed by atoms with Crippen LogP contribution in [0.3, 0.4) is 0 Å². The number of methoxy groups -OCH3 is 2. The number of rotatable bonds is 21. The van der Waals surface area contributed by atoms with Crippen molar-refractivity contribution in [3.63, 3.8) is 0 Å². The number of halogens is 5. The predicted molar refractivity (Wildman–Crippen MR) is 246 cm³/mol. The van der Waals surface area contributed by atoms with Gasteiger partial charge in [-0.05, 0) is 142 Å². The van der Waals surface area contributed by atoms with Crippen LogP contribution in [0.2, 0.25) is 0 Å². The lowest BCUT2D eigenvalue weighted by Crippen LogP contribution is -2.36. The van der Waals surface area contributed by atoms with Gasteiger partial charge >= 0.3 is 18.1 Å². The number of carboxylic acid groups (broad SMARTS) is 1. The highest BCUT2D eigenvalue weighted by molar-refractivity contribution is 5.94. The van der Waals surface area contributed by atoms with Crippen LogP contribution in [0.25, 0.3) is 43.8 Å². The van der Waals surface area contributed by atoms with Gasteiger partial charge in [-0.2, -0.15) is 22.0 Å². The molecule has 3 N–H and O–H groups in total. The summed E-state index contributed by atoms with van der Waals surface area (Å²) in [5, 5.41) is 33.3. The highest BCUT2D eigenvalue weighted by atomic mass is 19.4. The molecule has 0 fully saturated rings. The second-order valence-electron chi connectivity index (χ2n) is 16.1. The number of hydrogen-bond donors (Lipinski definition) is 3. The number of phenols is 2. The minimum atomic E-state index is -5.61. The second kappa shape index (κ2) is 23.0. The molecule has 0 amide bonds. The summed E-state index contributed by atoms with van der Waals surface area (Å²) in [7, 11) is 3.37. The highest BCUT2D eigenvalue weighted by Crippen LogP contribution is 2.40. The summed E-state index contributed by atoms with van der Waals surface area (Å²) in [6.45, 7) is 3.91. The number of hydrogen-bond acceptors (Lipinski definition) is 5. The maximum atomic E-state index is 13.1. The zero-order valence-corrected chi connectivity index (χ0v) is 36.4. The molecular formula is C53H57F5O6. The topological polar surface area (TPSA) is 96.2 Å².